The molecule has 0 saturated heterocycles. The maximum Gasteiger partial charge on any atom is 0.309 e. The first-order valence-electron chi connectivity index (χ1n) is 13.0. The molecule has 0 radical (unpaired) electrons. The van der Waals surface area contributed by atoms with E-state index in [1.807, 2.05) is 67.6 Å². The van der Waals surface area contributed by atoms with Crippen LogP contribution in [0.2, 0.25) is 0 Å². The van der Waals surface area contributed by atoms with Crippen molar-refractivity contribution in [3.63, 3.8) is 0 Å². The number of carbonyl (C=O) groups excluding carboxylic acids is 2. The van der Waals surface area contributed by atoms with Crippen LogP contribution < -0.4 is 14.8 Å². The molecule has 0 fully saturated rings. The highest BCUT2D eigenvalue weighted by Gasteiger charge is 2.19. The molecule has 0 aliphatic heterocycles. The van der Waals surface area contributed by atoms with Crippen LogP contribution in [-0.4, -0.2) is 38.7 Å². The van der Waals surface area contributed by atoms with Gasteiger partial charge >= 0.3 is 5.97 Å². The van der Waals surface area contributed by atoms with Crippen LogP contribution in [0.25, 0.3) is 11.1 Å². The van der Waals surface area contributed by atoms with Crippen molar-refractivity contribution >= 4 is 11.9 Å². The number of nitrogens with one attached hydrogen (secondary N) is 1. The summed E-state index contributed by atoms with van der Waals surface area (Å²) < 4.78 is 16.5. The van der Waals surface area contributed by atoms with Gasteiger partial charge in [0.05, 0.1) is 26.2 Å². The van der Waals surface area contributed by atoms with E-state index in [1.165, 1.54) is 0 Å². The van der Waals surface area contributed by atoms with Gasteiger partial charge in [0.1, 0.15) is 18.1 Å². The number of hydrogen-bond donors (Lipinski definition) is 1. The summed E-state index contributed by atoms with van der Waals surface area (Å²) >= 11 is 0. The van der Waals surface area contributed by atoms with Crippen molar-refractivity contribution in [2.24, 2.45) is 5.92 Å². The Bertz CT molecular complexity index is 1130. The summed E-state index contributed by atoms with van der Waals surface area (Å²) in [7, 11) is 1.65. The number of esters is 1. The maximum atomic E-state index is 12.5. The van der Waals surface area contributed by atoms with Gasteiger partial charge in [-0.25, -0.2) is 0 Å². The quantitative estimate of drug-likeness (QED) is 0.213. The molecule has 196 valence electrons. The second-order valence-corrected chi connectivity index (χ2v) is 8.82. The lowest BCUT2D eigenvalue weighted by molar-refractivity contribution is -0.148. The van der Waals surface area contributed by atoms with Crippen LogP contribution in [0.15, 0.2) is 72.8 Å². The number of benzene rings is 3. The summed E-state index contributed by atoms with van der Waals surface area (Å²) in [5.41, 5.74) is 3.63. The zero-order valence-corrected chi connectivity index (χ0v) is 22.0. The minimum Gasteiger partial charge on any atom is -0.496 e. The molecule has 6 heteroatoms. The number of methoxy groups -OCH3 is 1. The number of hydrogen-bond acceptors (Lipinski definition) is 5. The normalized spacial score (nSPS) is 11.4. The van der Waals surface area contributed by atoms with Crippen molar-refractivity contribution < 1.29 is 23.8 Å². The molecule has 0 spiro atoms. The van der Waals surface area contributed by atoms with Crippen molar-refractivity contribution in [3.05, 3.63) is 83.9 Å². The third-order valence-electron chi connectivity index (χ3n) is 6.15. The summed E-state index contributed by atoms with van der Waals surface area (Å²) in [5, 5.41) is 2.89. The van der Waals surface area contributed by atoms with Crippen LogP contribution in [0.4, 0.5) is 0 Å². The van der Waals surface area contributed by atoms with Crippen molar-refractivity contribution in [1.29, 1.82) is 0 Å². The minimum absolute atomic E-state index is 0.120. The number of carbonyl (C=O) groups is 2. The molecule has 1 amide bonds. The minimum atomic E-state index is -0.150. The zero-order chi connectivity index (χ0) is 26.5. The second-order valence-electron chi connectivity index (χ2n) is 8.82. The van der Waals surface area contributed by atoms with Gasteiger partial charge in [0.2, 0.25) is 0 Å². The summed E-state index contributed by atoms with van der Waals surface area (Å²) in [6, 6.07) is 23.0. The lowest BCUT2D eigenvalue weighted by Crippen LogP contribution is -2.28. The number of unbranched alkanes of at least 4 members (excludes halogenated alkanes) is 1. The predicted octanol–water partition coefficient (Wildman–Crippen LogP) is 6.08. The van der Waals surface area contributed by atoms with Crippen LogP contribution >= 0.6 is 0 Å². The van der Waals surface area contributed by atoms with E-state index in [9.17, 15) is 9.59 Å². The van der Waals surface area contributed by atoms with Crippen molar-refractivity contribution in [2.75, 3.05) is 26.9 Å². The molecule has 6 nitrogen and oxygen atoms in total. The summed E-state index contributed by atoms with van der Waals surface area (Å²) in [5.74, 6) is 1.12. The number of para-hydroxylation sites is 1. The monoisotopic (exact) mass is 503 g/mol. The zero-order valence-electron chi connectivity index (χ0n) is 22.0. The van der Waals surface area contributed by atoms with Gasteiger partial charge in [-0.15, -0.1) is 0 Å². The number of amides is 1. The van der Waals surface area contributed by atoms with Crippen molar-refractivity contribution in [2.45, 2.75) is 39.5 Å². The van der Waals surface area contributed by atoms with Gasteiger partial charge in [0.15, 0.2) is 0 Å². The molecular weight excluding hydrogens is 466 g/mol. The van der Waals surface area contributed by atoms with E-state index in [0.29, 0.717) is 31.7 Å². The number of rotatable bonds is 14. The van der Waals surface area contributed by atoms with E-state index in [0.717, 1.165) is 47.5 Å². The van der Waals surface area contributed by atoms with E-state index in [4.69, 9.17) is 14.2 Å². The first kappa shape index (κ1) is 27.8. The molecule has 0 bridgehead atoms. The average molecular weight is 504 g/mol. The first-order valence-corrected chi connectivity index (χ1v) is 13.0. The van der Waals surface area contributed by atoms with E-state index in [2.05, 4.69) is 12.2 Å². The van der Waals surface area contributed by atoms with Crippen LogP contribution in [0, 0.1) is 5.92 Å². The highest BCUT2D eigenvalue weighted by atomic mass is 16.5. The molecule has 0 aromatic heterocycles. The molecule has 0 aliphatic carbocycles. The Hall–Kier alpha value is -3.80. The molecular formula is C31H37NO5. The molecule has 1 N–H and O–H groups in total. The number of ether oxygens (including phenoxy) is 3. The van der Waals surface area contributed by atoms with Gasteiger partial charge in [0.25, 0.3) is 5.91 Å². The summed E-state index contributed by atoms with van der Waals surface area (Å²) in [4.78, 5) is 24.8. The largest absolute Gasteiger partial charge is 0.496 e. The standard InChI is InChI=1S/C31H37NO5/c1-4-6-9-26(31(34)36-5-2)22-23-12-18-27(19-13-23)37-21-20-32-30(33)25-16-14-24(15-17-25)28-10-7-8-11-29(28)35-3/h7-8,10-19,26H,4-6,9,20-22H2,1-3H3,(H,32,33). The van der Waals surface area contributed by atoms with Gasteiger partial charge in [-0.1, -0.05) is 62.2 Å². The predicted molar refractivity (Wildman–Crippen MR) is 146 cm³/mol. The molecule has 0 aliphatic rings. The molecule has 3 aromatic rings. The highest BCUT2D eigenvalue weighted by molar-refractivity contribution is 5.94. The summed E-state index contributed by atoms with van der Waals surface area (Å²) in [6.07, 6.45) is 3.54. The van der Waals surface area contributed by atoms with E-state index < -0.39 is 0 Å². The van der Waals surface area contributed by atoms with Gasteiger partial charge < -0.3 is 19.5 Å². The molecule has 37 heavy (non-hydrogen) atoms. The van der Waals surface area contributed by atoms with Crippen molar-refractivity contribution in [3.8, 4) is 22.6 Å². The topological polar surface area (TPSA) is 73.9 Å². The van der Waals surface area contributed by atoms with E-state index >= 15 is 0 Å². The van der Waals surface area contributed by atoms with Gasteiger partial charge in [0, 0.05) is 11.1 Å². The van der Waals surface area contributed by atoms with Crippen LogP contribution in [-0.2, 0) is 16.0 Å². The molecule has 1 unspecified atom stereocenters. The first-order chi connectivity index (χ1) is 18.0. The van der Waals surface area contributed by atoms with Crippen LogP contribution in [0.3, 0.4) is 0 Å². The Labute approximate surface area is 220 Å². The Morgan fingerprint density at radius 3 is 2.32 bits per heavy atom. The Morgan fingerprint density at radius 2 is 1.65 bits per heavy atom. The fraction of sp³-hybridized carbons (Fsp3) is 0.355. The van der Waals surface area contributed by atoms with Crippen LogP contribution in [0.5, 0.6) is 11.5 Å². The smallest absolute Gasteiger partial charge is 0.309 e. The third kappa shape index (κ3) is 8.38. The fourth-order valence-corrected chi connectivity index (χ4v) is 4.14. The molecule has 0 saturated carbocycles. The fourth-order valence-electron chi connectivity index (χ4n) is 4.14. The molecule has 1 atom stereocenters. The van der Waals surface area contributed by atoms with E-state index in [1.54, 1.807) is 19.2 Å². The maximum absolute atomic E-state index is 12.5. The van der Waals surface area contributed by atoms with Crippen molar-refractivity contribution in [1.82, 2.24) is 5.32 Å². The average Bonchev–Trinajstić information content (AvgIpc) is 2.94. The van der Waals surface area contributed by atoms with E-state index in [-0.39, 0.29) is 17.8 Å². The highest BCUT2D eigenvalue weighted by Crippen LogP contribution is 2.29. The Morgan fingerprint density at radius 1 is 0.919 bits per heavy atom. The third-order valence-corrected chi connectivity index (χ3v) is 6.15. The van der Waals surface area contributed by atoms with Crippen LogP contribution in [0.1, 0.15) is 49.0 Å². The lowest BCUT2D eigenvalue weighted by atomic mass is 9.94. The molecule has 3 aromatic carbocycles. The SMILES string of the molecule is CCCCC(Cc1ccc(OCCNC(=O)c2ccc(-c3ccccc3OC)cc2)cc1)C(=O)OCC. The van der Waals surface area contributed by atoms with Gasteiger partial charge in [-0.05, 0) is 61.2 Å². The second kappa shape index (κ2) is 14.7. The molecule has 3 rings (SSSR count). The van der Waals surface area contributed by atoms with Gasteiger partial charge in [-0.3, -0.25) is 9.59 Å². The Balaban J connectivity index is 1.45. The molecule has 0 heterocycles. The summed E-state index contributed by atoms with van der Waals surface area (Å²) in [6.45, 7) is 5.10. The Kier molecular flexibility index (Phi) is 11.0. The lowest BCUT2D eigenvalue weighted by Gasteiger charge is -2.15. The van der Waals surface area contributed by atoms with Gasteiger partial charge in [-0.2, -0.15) is 0 Å².